The van der Waals surface area contributed by atoms with Crippen LogP contribution in [0.4, 0.5) is 0 Å². The fourth-order valence-corrected chi connectivity index (χ4v) is 1.70. The quantitative estimate of drug-likeness (QED) is 0.843. The van der Waals surface area contributed by atoms with E-state index in [9.17, 15) is 4.79 Å². The smallest absolute Gasteiger partial charge is 0.251 e. The van der Waals surface area contributed by atoms with Crippen molar-refractivity contribution in [2.24, 2.45) is 5.73 Å². The Balaban J connectivity index is 2.27. The molecule has 0 aliphatic carbocycles. The van der Waals surface area contributed by atoms with E-state index < -0.39 is 0 Å². The van der Waals surface area contributed by atoms with Crippen LogP contribution in [-0.4, -0.2) is 18.5 Å². The predicted molar refractivity (Wildman–Crippen MR) is 69.9 cm³/mol. The zero-order chi connectivity index (χ0) is 12.3. The molecule has 1 amide bonds. The molecule has 0 aromatic heterocycles. The van der Waals surface area contributed by atoms with Crippen LogP contribution in [0.2, 0.25) is 0 Å². The monoisotopic (exact) mass is 228 g/mol. The van der Waals surface area contributed by atoms with Crippen molar-refractivity contribution in [2.45, 2.75) is 13.0 Å². The minimum atomic E-state index is -0.0753. The van der Waals surface area contributed by atoms with Gasteiger partial charge < -0.3 is 11.1 Å². The second kappa shape index (κ2) is 4.97. The maximum atomic E-state index is 11.9. The van der Waals surface area contributed by atoms with Crippen molar-refractivity contribution < 1.29 is 4.79 Å². The summed E-state index contributed by atoms with van der Waals surface area (Å²) in [4.78, 5) is 11.9. The highest BCUT2D eigenvalue weighted by atomic mass is 16.1. The molecule has 88 valence electrons. The SMILES string of the molecule is CC(CN)NC(=O)c1ccc2ccccc2c1. The largest absolute Gasteiger partial charge is 0.348 e. The lowest BCUT2D eigenvalue weighted by molar-refractivity contribution is 0.0941. The first-order valence-electron chi connectivity index (χ1n) is 5.70. The molecular formula is C14H16N2O. The van der Waals surface area contributed by atoms with Crippen LogP contribution in [0.15, 0.2) is 42.5 Å². The molecule has 17 heavy (non-hydrogen) atoms. The molecule has 2 aromatic carbocycles. The minimum Gasteiger partial charge on any atom is -0.348 e. The van der Waals surface area contributed by atoms with Gasteiger partial charge in [0.05, 0.1) is 0 Å². The molecule has 3 nitrogen and oxygen atoms in total. The summed E-state index contributed by atoms with van der Waals surface area (Å²) >= 11 is 0. The van der Waals surface area contributed by atoms with Gasteiger partial charge in [-0.15, -0.1) is 0 Å². The second-order valence-electron chi connectivity index (χ2n) is 4.17. The van der Waals surface area contributed by atoms with E-state index in [0.717, 1.165) is 10.8 Å². The highest BCUT2D eigenvalue weighted by Gasteiger charge is 2.08. The standard InChI is InChI=1S/C14H16N2O/c1-10(9-15)16-14(17)13-7-6-11-4-2-3-5-12(11)8-13/h2-8,10H,9,15H2,1H3,(H,16,17). The van der Waals surface area contributed by atoms with Gasteiger partial charge in [0.25, 0.3) is 5.91 Å². The van der Waals surface area contributed by atoms with E-state index in [1.807, 2.05) is 49.4 Å². The Labute approximate surface area is 101 Å². The third-order valence-electron chi connectivity index (χ3n) is 2.74. The molecule has 3 heteroatoms. The molecule has 0 fully saturated rings. The molecule has 0 bridgehead atoms. The number of benzene rings is 2. The van der Waals surface area contributed by atoms with Gasteiger partial charge in [0.15, 0.2) is 0 Å². The molecule has 1 unspecified atom stereocenters. The molecule has 0 aliphatic rings. The van der Waals surface area contributed by atoms with Crippen LogP contribution in [0.3, 0.4) is 0 Å². The molecule has 0 spiro atoms. The van der Waals surface area contributed by atoms with Crippen molar-refractivity contribution in [2.75, 3.05) is 6.54 Å². The van der Waals surface area contributed by atoms with E-state index in [4.69, 9.17) is 5.73 Å². The van der Waals surface area contributed by atoms with Crippen LogP contribution in [0.1, 0.15) is 17.3 Å². The lowest BCUT2D eigenvalue weighted by Gasteiger charge is -2.11. The summed E-state index contributed by atoms with van der Waals surface area (Å²) in [5.41, 5.74) is 6.14. The number of fused-ring (bicyclic) bond motifs is 1. The van der Waals surface area contributed by atoms with Crippen molar-refractivity contribution in [3.63, 3.8) is 0 Å². The summed E-state index contributed by atoms with van der Waals surface area (Å²) in [6, 6.07) is 13.7. The van der Waals surface area contributed by atoms with Gasteiger partial charge in [-0.2, -0.15) is 0 Å². The maximum Gasteiger partial charge on any atom is 0.251 e. The van der Waals surface area contributed by atoms with Crippen molar-refractivity contribution in [1.29, 1.82) is 0 Å². The van der Waals surface area contributed by atoms with Crippen LogP contribution < -0.4 is 11.1 Å². The number of carbonyl (C=O) groups excluding carboxylic acids is 1. The van der Waals surface area contributed by atoms with Crippen LogP contribution in [0.5, 0.6) is 0 Å². The molecule has 2 rings (SSSR count). The molecule has 0 saturated heterocycles. The van der Waals surface area contributed by atoms with E-state index in [-0.39, 0.29) is 11.9 Å². The van der Waals surface area contributed by atoms with Crippen molar-refractivity contribution in [3.8, 4) is 0 Å². The fourth-order valence-electron chi connectivity index (χ4n) is 1.70. The van der Waals surface area contributed by atoms with Crippen molar-refractivity contribution in [1.82, 2.24) is 5.32 Å². The number of nitrogens with one attached hydrogen (secondary N) is 1. The first-order chi connectivity index (χ1) is 8.20. The third-order valence-corrected chi connectivity index (χ3v) is 2.74. The van der Waals surface area contributed by atoms with E-state index in [0.29, 0.717) is 12.1 Å². The van der Waals surface area contributed by atoms with Gasteiger partial charge in [0.1, 0.15) is 0 Å². The molecule has 0 aliphatic heterocycles. The lowest BCUT2D eigenvalue weighted by Crippen LogP contribution is -2.37. The normalized spacial score (nSPS) is 12.4. The molecule has 0 radical (unpaired) electrons. The Morgan fingerprint density at radius 1 is 1.24 bits per heavy atom. The average molecular weight is 228 g/mol. The Morgan fingerprint density at radius 2 is 1.94 bits per heavy atom. The van der Waals surface area contributed by atoms with Crippen LogP contribution in [0.25, 0.3) is 10.8 Å². The number of rotatable bonds is 3. The Bertz CT molecular complexity index is 536. The van der Waals surface area contributed by atoms with Crippen LogP contribution in [0, 0.1) is 0 Å². The Hall–Kier alpha value is -1.87. The van der Waals surface area contributed by atoms with Crippen molar-refractivity contribution in [3.05, 3.63) is 48.0 Å². The lowest BCUT2D eigenvalue weighted by atomic mass is 10.1. The predicted octanol–water partition coefficient (Wildman–Crippen LogP) is 1.92. The number of carbonyl (C=O) groups is 1. The highest BCUT2D eigenvalue weighted by Crippen LogP contribution is 2.15. The summed E-state index contributed by atoms with van der Waals surface area (Å²) in [6.07, 6.45) is 0. The van der Waals surface area contributed by atoms with Gasteiger partial charge in [0.2, 0.25) is 0 Å². The Morgan fingerprint density at radius 3 is 2.65 bits per heavy atom. The first kappa shape index (κ1) is 11.6. The molecule has 2 aromatic rings. The summed E-state index contributed by atoms with van der Waals surface area (Å²) in [7, 11) is 0. The third kappa shape index (κ3) is 2.63. The molecule has 0 heterocycles. The minimum absolute atomic E-state index is 0.00558. The van der Waals surface area contributed by atoms with E-state index in [2.05, 4.69) is 5.32 Å². The summed E-state index contributed by atoms with van der Waals surface area (Å²) in [6.45, 7) is 2.33. The molecular weight excluding hydrogens is 212 g/mol. The van der Waals surface area contributed by atoms with Crippen LogP contribution in [-0.2, 0) is 0 Å². The maximum absolute atomic E-state index is 11.9. The van der Waals surface area contributed by atoms with Gasteiger partial charge in [-0.1, -0.05) is 30.3 Å². The van der Waals surface area contributed by atoms with Gasteiger partial charge >= 0.3 is 0 Å². The molecule has 3 N–H and O–H groups in total. The summed E-state index contributed by atoms with van der Waals surface area (Å²) in [5.74, 6) is -0.0753. The van der Waals surface area contributed by atoms with E-state index in [1.54, 1.807) is 0 Å². The average Bonchev–Trinajstić information content (AvgIpc) is 2.38. The Kier molecular flexibility index (Phi) is 3.40. The fraction of sp³-hybridized carbons (Fsp3) is 0.214. The van der Waals surface area contributed by atoms with Gasteiger partial charge in [-0.3, -0.25) is 4.79 Å². The second-order valence-corrected chi connectivity index (χ2v) is 4.17. The number of hydrogen-bond acceptors (Lipinski definition) is 2. The zero-order valence-electron chi connectivity index (χ0n) is 9.81. The number of amides is 1. The van der Waals surface area contributed by atoms with Crippen LogP contribution >= 0.6 is 0 Å². The first-order valence-corrected chi connectivity index (χ1v) is 5.70. The topological polar surface area (TPSA) is 55.1 Å². The van der Waals surface area contributed by atoms with Gasteiger partial charge in [0, 0.05) is 18.2 Å². The molecule has 0 saturated carbocycles. The van der Waals surface area contributed by atoms with Gasteiger partial charge in [-0.05, 0) is 29.8 Å². The highest BCUT2D eigenvalue weighted by molar-refractivity contribution is 5.98. The molecule has 1 atom stereocenters. The number of hydrogen-bond donors (Lipinski definition) is 2. The van der Waals surface area contributed by atoms with E-state index >= 15 is 0 Å². The van der Waals surface area contributed by atoms with E-state index in [1.165, 1.54) is 0 Å². The summed E-state index contributed by atoms with van der Waals surface area (Å²) in [5, 5.41) is 5.05. The number of nitrogens with two attached hydrogens (primary N) is 1. The summed E-state index contributed by atoms with van der Waals surface area (Å²) < 4.78 is 0. The van der Waals surface area contributed by atoms with Crippen molar-refractivity contribution >= 4 is 16.7 Å². The van der Waals surface area contributed by atoms with Gasteiger partial charge in [-0.25, -0.2) is 0 Å². The zero-order valence-corrected chi connectivity index (χ0v) is 9.81.